The molecule has 1 fully saturated rings. The molecule has 0 spiro atoms. The third kappa shape index (κ3) is 2.82. The lowest BCUT2D eigenvalue weighted by atomic mass is 9.91. The third-order valence-electron chi connectivity index (χ3n) is 2.83. The molecule has 2 heteroatoms. The van der Waals surface area contributed by atoms with E-state index in [9.17, 15) is 0 Å². The average molecular weight is 253 g/mol. The summed E-state index contributed by atoms with van der Waals surface area (Å²) in [5.74, 6) is 0.855. The van der Waals surface area contributed by atoms with E-state index in [0.717, 1.165) is 19.0 Å². The molecule has 0 atom stereocenters. The first-order chi connectivity index (χ1) is 6.84. The van der Waals surface area contributed by atoms with Crippen molar-refractivity contribution in [2.45, 2.75) is 19.3 Å². The smallest absolute Gasteiger partial charge is 0.0175 e. The van der Waals surface area contributed by atoms with Crippen LogP contribution in [0.4, 0.5) is 0 Å². The highest BCUT2D eigenvalue weighted by molar-refractivity contribution is 9.10. The molecule has 0 saturated carbocycles. The minimum Gasteiger partial charge on any atom is -0.242 e. The van der Waals surface area contributed by atoms with Crippen LogP contribution in [0.15, 0.2) is 28.7 Å². The van der Waals surface area contributed by atoms with Gasteiger partial charge in [-0.2, -0.15) is 0 Å². The largest absolute Gasteiger partial charge is 0.242 e. The van der Waals surface area contributed by atoms with E-state index in [1.165, 1.54) is 29.3 Å². The molecular weight excluding hydrogens is 238 g/mol. The molecule has 0 bridgehead atoms. The molecular formula is C12H15BrN. The van der Waals surface area contributed by atoms with Crippen molar-refractivity contribution in [1.82, 2.24) is 5.32 Å². The van der Waals surface area contributed by atoms with Crippen LogP contribution in [-0.4, -0.2) is 13.1 Å². The van der Waals surface area contributed by atoms with Crippen LogP contribution < -0.4 is 5.32 Å². The van der Waals surface area contributed by atoms with Crippen LogP contribution in [0, 0.1) is 5.92 Å². The first-order valence-corrected chi connectivity index (χ1v) is 6.01. The first kappa shape index (κ1) is 10.2. The third-order valence-corrected chi connectivity index (χ3v) is 3.36. The van der Waals surface area contributed by atoms with Crippen molar-refractivity contribution in [2.24, 2.45) is 5.92 Å². The SMILES string of the molecule is Brc1ccc(CC2CC[N]CC2)cc1. The zero-order chi connectivity index (χ0) is 9.80. The zero-order valence-electron chi connectivity index (χ0n) is 8.25. The summed E-state index contributed by atoms with van der Waals surface area (Å²) in [5.41, 5.74) is 1.46. The van der Waals surface area contributed by atoms with Crippen LogP contribution in [0.25, 0.3) is 0 Å². The van der Waals surface area contributed by atoms with E-state index in [0.29, 0.717) is 0 Å². The molecule has 0 amide bonds. The molecule has 0 aromatic heterocycles. The lowest BCUT2D eigenvalue weighted by Gasteiger charge is -2.21. The highest BCUT2D eigenvalue weighted by Gasteiger charge is 2.13. The van der Waals surface area contributed by atoms with E-state index >= 15 is 0 Å². The van der Waals surface area contributed by atoms with Crippen molar-refractivity contribution < 1.29 is 0 Å². The van der Waals surface area contributed by atoms with Gasteiger partial charge in [-0.15, -0.1) is 0 Å². The van der Waals surface area contributed by atoms with Crippen molar-refractivity contribution >= 4 is 15.9 Å². The van der Waals surface area contributed by atoms with E-state index in [2.05, 4.69) is 45.5 Å². The summed E-state index contributed by atoms with van der Waals surface area (Å²) < 4.78 is 1.17. The number of benzene rings is 1. The fourth-order valence-corrected chi connectivity index (χ4v) is 2.23. The molecule has 1 heterocycles. The molecule has 2 rings (SSSR count). The highest BCUT2D eigenvalue weighted by Crippen LogP contribution is 2.19. The molecule has 1 aromatic carbocycles. The quantitative estimate of drug-likeness (QED) is 0.769. The average Bonchev–Trinajstić information content (AvgIpc) is 2.23. The first-order valence-electron chi connectivity index (χ1n) is 5.22. The highest BCUT2D eigenvalue weighted by atomic mass is 79.9. The van der Waals surface area contributed by atoms with Crippen molar-refractivity contribution in [2.75, 3.05) is 13.1 Å². The minimum atomic E-state index is 0.855. The van der Waals surface area contributed by atoms with Crippen LogP contribution in [0.3, 0.4) is 0 Å². The van der Waals surface area contributed by atoms with E-state index in [-0.39, 0.29) is 0 Å². The van der Waals surface area contributed by atoms with Crippen molar-refractivity contribution in [1.29, 1.82) is 0 Å². The van der Waals surface area contributed by atoms with Crippen molar-refractivity contribution in [3.05, 3.63) is 34.3 Å². The maximum Gasteiger partial charge on any atom is 0.0175 e. The summed E-state index contributed by atoms with van der Waals surface area (Å²) in [4.78, 5) is 0. The molecule has 0 N–H and O–H groups in total. The predicted octanol–water partition coefficient (Wildman–Crippen LogP) is 3.01. The van der Waals surface area contributed by atoms with Gasteiger partial charge in [-0.25, -0.2) is 5.32 Å². The summed E-state index contributed by atoms with van der Waals surface area (Å²) >= 11 is 3.46. The molecule has 14 heavy (non-hydrogen) atoms. The van der Waals surface area contributed by atoms with Gasteiger partial charge in [-0.3, -0.25) is 0 Å². The van der Waals surface area contributed by atoms with Gasteiger partial charge in [0.05, 0.1) is 0 Å². The molecule has 1 radical (unpaired) electrons. The number of halogens is 1. The maximum atomic E-state index is 4.38. The Hall–Kier alpha value is -0.340. The molecule has 75 valence electrons. The summed E-state index contributed by atoms with van der Waals surface area (Å²) in [6, 6.07) is 8.69. The molecule has 1 aliphatic rings. The topological polar surface area (TPSA) is 14.1 Å². The van der Waals surface area contributed by atoms with Gasteiger partial charge in [0.2, 0.25) is 0 Å². The van der Waals surface area contributed by atoms with E-state index in [1.807, 2.05) is 0 Å². The summed E-state index contributed by atoms with van der Waals surface area (Å²) in [6.07, 6.45) is 3.77. The number of piperidine rings is 1. The molecule has 1 nitrogen and oxygen atoms in total. The standard InChI is InChI=1S/C12H15BrN/c13-12-3-1-10(2-4-12)9-11-5-7-14-8-6-11/h1-4,11H,5-9H2. The molecule has 1 aromatic rings. The molecule has 1 aliphatic heterocycles. The molecule has 0 aliphatic carbocycles. The lowest BCUT2D eigenvalue weighted by Crippen LogP contribution is -2.23. The van der Waals surface area contributed by atoms with Gasteiger partial charge in [-0.1, -0.05) is 28.1 Å². The van der Waals surface area contributed by atoms with Crippen molar-refractivity contribution in [3.63, 3.8) is 0 Å². The van der Waals surface area contributed by atoms with Gasteiger partial charge in [-0.05, 0) is 42.9 Å². The van der Waals surface area contributed by atoms with Gasteiger partial charge in [0, 0.05) is 17.6 Å². The lowest BCUT2D eigenvalue weighted by molar-refractivity contribution is 0.368. The Balaban J connectivity index is 1.92. The van der Waals surface area contributed by atoms with Gasteiger partial charge in [0.25, 0.3) is 0 Å². The Morgan fingerprint density at radius 1 is 1.14 bits per heavy atom. The van der Waals surface area contributed by atoms with Gasteiger partial charge >= 0.3 is 0 Å². The van der Waals surface area contributed by atoms with E-state index < -0.39 is 0 Å². The number of hydrogen-bond acceptors (Lipinski definition) is 0. The Bertz CT molecular complexity index is 275. The number of rotatable bonds is 2. The van der Waals surface area contributed by atoms with Gasteiger partial charge in [0.1, 0.15) is 0 Å². The Morgan fingerprint density at radius 3 is 2.43 bits per heavy atom. The second kappa shape index (κ2) is 4.94. The second-order valence-electron chi connectivity index (χ2n) is 3.94. The monoisotopic (exact) mass is 252 g/mol. The maximum absolute atomic E-state index is 4.38. The van der Waals surface area contributed by atoms with E-state index in [1.54, 1.807) is 0 Å². The van der Waals surface area contributed by atoms with Crippen LogP contribution in [0.1, 0.15) is 18.4 Å². The Morgan fingerprint density at radius 2 is 1.79 bits per heavy atom. The second-order valence-corrected chi connectivity index (χ2v) is 4.86. The zero-order valence-corrected chi connectivity index (χ0v) is 9.83. The predicted molar refractivity (Wildman–Crippen MR) is 62.4 cm³/mol. The minimum absolute atomic E-state index is 0.855. The fraction of sp³-hybridized carbons (Fsp3) is 0.500. The molecule has 1 saturated heterocycles. The van der Waals surface area contributed by atoms with Crippen LogP contribution in [0.5, 0.6) is 0 Å². The normalized spacial score (nSPS) is 18.4. The Kier molecular flexibility index (Phi) is 3.60. The Labute approximate surface area is 94.0 Å². The number of hydrogen-bond donors (Lipinski definition) is 0. The summed E-state index contributed by atoms with van der Waals surface area (Å²) in [5, 5.41) is 4.38. The van der Waals surface area contributed by atoms with Crippen LogP contribution in [0.2, 0.25) is 0 Å². The summed E-state index contributed by atoms with van der Waals surface area (Å²) in [7, 11) is 0. The van der Waals surface area contributed by atoms with Crippen LogP contribution in [-0.2, 0) is 6.42 Å². The summed E-state index contributed by atoms with van der Waals surface area (Å²) in [6.45, 7) is 2.14. The van der Waals surface area contributed by atoms with Crippen LogP contribution >= 0.6 is 15.9 Å². The number of nitrogens with zero attached hydrogens (tertiary/aromatic N) is 1. The van der Waals surface area contributed by atoms with Gasteiger partial charge in [0.15, 0.2) is 0 Å². The molecule has 0 unspecified atom stereocenters. The van der Waals surface area contributed by atoms with E-state index in [4.69, 9.17) is 0 Å². The fourth-order valence-electron chi connectivity index (χ4n) is 1.96. The van der Waals surface area contributed by atoms with Crippen molar-refractivity contribution in [3.8, 4) is 0 Å². The van der Waals surface area contributed by atoms with Gasteiger partial charge < -0.3 is 0 Å².